The van der Waals surface area contributed by atoms with Crippen LogP contribution in [0.1, 0.15) is 36.4 Å². The van der Waals surface area contributed by atoms with Gasteiger partial charge >= 0.3 is 0 Å². The molecule has 3 aliphatic rings. The smallest absolute Gasteiger partial charge is 0.136 e. The van der Waals surface area contributed by atoms with Gasteiger partial charge in [0.2, 0.25) is 0 Å². The Balaban J connectivity index is 1.32. The molecule has 5 aromatic rings. The fourth-order valence-corrected chi connectivity index (χ4v) is 6.63. The maximum Gasteiger partial charge on any atom is 0.136 e. The number of nitrogens with zero attached hydrogens (tertiary/aromatic N) is 1. The second-order valence-corrected chi connectivity index (χ2v) is 10.7. The molecule has 2 heterocycles. The van der Waals surface area contributed by atoms with Crippen molar-refractivity contribution in [3.05, 3.63) is 150 Å². The molecule has 0 fully saturated rings. The van der Waals surface area contributed by atoms with E-state index in [4.69, 9.17) is 4.74 Å². The van der Waals surface area contributed by atoms with Crippen molar-refractivity contribution in [1.82, 2.24) is 4.57 Å². The van der Waals surface area contributed by atoms with Crippen molar-refractivity contribution in [2.24, 2.45) is 0 Å². The number of rotatable bonds is 2. The van der Waals surface area contributed by atoms with Gasteiger partial charge in [-0.25, -0.2) is 0 Å². The molecule has 192 valence electrons. The number of ether oxygens (including phenoxy) is 1. The van der Waals surface area contributed by atoms with Crippen LogP contribution in [0, 0.1) is 0 Å². The first kappa shape index (κ1) is 23.1. The minimum absolute atomic E-state index is 0.0771. The predicted molar refractivity (Wildman–Crippen MR) is 167 cm³/mol. The highest BCUT2D eigenvalue weighted by Crippen LogP contribution is 2.49. The van der Waals surface area contributed by atoms with Crippen LogP contribution in [0.15, 0.2) is 139 Å². The maximum atomic E-state index is 6.57. The van der Waals surface area contributed by atoms with E-state index in [-0.39, 0.29) is 6.04 Å². The van der Waals surface area contributed by atoms with Crippen LogP contribution in [0.25, 0.3) is 44.1 Å². The van der Waals surface area contributed by atoms with Crippen molar-refractivity contribution >= 4 is 32.8 Å². The van der Waals surface area contributed by atoms with Gasteiger partial charge in [-0.1, -0.05) is 109 Å². The molecule has 8 rings (SSSR count). The summed E-state index contributed by atoms with van der Waals surface area (Å²) in [5.41, 5.74) is 8.91. The Hall–Kier alpha value is -4.82. The molecule has 2 nitrogen and oxygen atoms in total. The van der Waals surface area contributed by atoms with Gasteiger partial charge < -0.3 is 9.30 Å². The van der Waals surface area contributed by atoms with Gasteiger partial charge in [0.1, 0.15) is 11.5 Å². The summed E-state index contributed by atoms with van der Waals surface area (Å²) in [5.74, 6) is 1.90. The Morgan fingerprint density at radius 1 is 0.725 bits per heavy atom. The molecule has 40 heavy (non-hydrogen) atoms. The van der Waals surface area contributed by atoms with E-state index >= 15 is 0 Å². The number of hydrogen-bond donors (Lipinski definition) is 0. The lowest BCUT2D eigenvalue weighted by molar-refractivity contribution is 0.446. The number of hydrogen-bond acceptors (Lipinski definition) is 1. The molecule has 2 heteroatoms. The molecule has 1 aliphatic heterocycles. The fraction of sp³-hybridized carbons (Fsp3) is 0.105. The minimum atomic E-state index is 0.0771. The van der Waals surface area contributed by atoms with Crippen LogP contribution in [-0.2, 0) is 0 Å². The van der Waals surface area contributed by atoms with E-state index < -0.39 is 0 Å². The Bertz CT molecular complexity index is 1950. The van der Waals surface area contributed by atoms with Gasteiger partial charge in [0.05, 0.1) is 11.7 Å². The summed E-state index contributed by atoms with van der Waals surface area (Å²) in [4.78, 5) is 0. The molecular formula is C38H29NO. The average Bonchev–Trinajstić information content (AvgIpc) is 3.24. The number of para-hydroxylation sites is 2. The molecule has 0 N–H and O–H groups in total. The number of fused-ring (bicyclic) bond motifs is 7. The van der Waals surface area contributed by atoms with Crippen molar-refractivity contribution in [2.45, 2.75) is 25.3 Å². The zero-order chi connectivity index (χ0) is 26.5. The molecule has 1 atom stereocenters. The van der Waals surface area contributed by atoms with Gasteiger partial charge in [0.25, 0.3) is 0 Å². The van der Waals surface area contributed by atoms with E-state index in [0.29, 0.717) is 0 Å². The molecular weight excluding hydrogens is 486 g/mol. The third-order valence-electron chi connectivity index (χ3n) is 8.41. The van der Waals surface area contributed by atoms with E-state index in [1.54, 1.807) is 0 Å². The molecule has 0 spiro atoms. The van der Waals surface area contributed by atoms with Crippen LogP contribution < -0.4 is 4.74 Å². The van der Waals surface area contributed by atoms with E-state index in [9.17, 15) is 0 Å². The summed E-state index contributed by atoms with van der Waals surface area (Å²) < 4.78 is 9.09. The number of aromatic nitrogens is 1. The van der Waals surface area contributed by atoms with Crippen molar-refractivity contribution in [1.29, 1.82) is 0 Å². The molecule has 0 bridgehead atoms. The van der Waals surface area contributed by atoms with Crippen LogP contribution in [0.5, 0.6) is 5.75 Å². The first-order chi connectivity index (χ1) is 19.9. The SMILES string of the molecule is C1=CC2=C(CC1)c1c(n(C3C=CC/C(c4cccc5ccccc45)=C\C=C/3)c3ccccc13)-c1ccccc1O2. The maximum absolute atomic E-state index is 6.57. The monoisotopic (exact) mass is 515 g/mol. The van der Waals surface area contributed by atoms with Crippen molar-refractivity contribution in [3.63, 3.8) is 0 Å². The molecule has 1 aromatic heterocycles. The van der Waals surface area contributed by atoms with E-state index in [2.05, 4.69) is 138 Å². The second kappa shape index (κ2) is 9.43. The molecule has 1 unspecified atom stereocenters. The highest BCUT2D eigenvalue weighted by atomic mass is 16.5. The zero-order valence-corrected chi connectivity index (χ0v) is 22.3. The van der Waals surface area contributed by atoms with Gasteiger partial charge in [0, 0.05) is 27.6 Å². The van der Waals surface area contributed by atoms with Gasteiger partial charge in [-0.05, 0) is 65.4 Å². The third kappa shape index (κ3) is 3.64. The largest absolute Gasteiger partial charge is 0.456 e. The quantitative estimate of drug-likeness (QED) is 0.213. The zero-order valence-electron chi connectivity index (χ0n) is 22.3. The highest BCUT2D eigenvalue weighted by molar-refractivity contribution is 6.03. The van der Waals surface area contributed by atoms with E-state index in [1.807, 2.05) is 0 Å². The molecule has 0 saturated heterocycles. The van der Waals surface area contributed by atoms with Crippen LogP contribution in [-0.4, -0.2) is 4.57 Å². The number of allylic oxidation sites excluding steroid dienone is 9. The molecule has 0 radical (unpaired) electrons. The van der Waals surface area contributed by atoms with Crippen LogP contribution in [0.3, 0.4) is 0 Å². The Labute approximate surface area is 234 Å². The molecule has 2 aliphatic carbocycles. The Kier molecular flexibility index (Phi) is 5.44. The van der Waals surface area contributed by atoms with E-state index in [1.165, 1.54) is 49.6 Å². The lowest BCUT2D eigenvalue weighted by atomic mass is 9.92. The minimum Gasteiger partial charge on any atom is -0.456 e. The van der Waals surface area contributed by atoms with Gasteiger partial charge in [0.15, 0.2) is 0 Å². The van der Waals surface area contributed by atoms with Gasteiger partial charge in [-0.15, -0.1) is 0 Å². The number of benzene rings is 4. The topological polar surface area (TPSA) is 14.2 Å². The highest BCUT2D eigenvalue weighted by Gasteiger charge is 2.30. The second-order valence-electron chi connectivity index (χ2n) is 10.7. The van der Waals surface area contributed by atoms with Crippen molar-refractivity contribution < 1.29 is 4.74 Å². The van der Waals surface area contributed by atoms with Gasteiger partial charge in [-0.2, -0.15) is 0 Å². The Morgan fingerprint density at radius 2 is 1.52 bits per heavy atom. The summed E-state index contributed by atoms with van der Waals surface area (Å²) in [7, 11) is 0. The fourth-order valence-electron chi connectivity index (χ4n) is 6.63. The predicted octanol–water partition coefficient (Wildman–Crippen LogP) is 10.1. The van der Waals surface area contributed by atoms with Crippen LogP contribution in [0.4, 0.5) is 0 Å². The molecule has 0 amide bonds. The standard InChI is InChI=1S/C38H29NO/c1-2-18-29-26(12-1)15-11-22-30(29)27-13-9-16-28(17-10-14-27)39-34-23-6-3-19-31(34)37-32-20-4-7-24-35(32)40-36-25-8-5-21-33(36)38(37)39/h1-3,5-13,15-19,21-25,28H,4,14,20H2/b16-9-,17-10?,27-13+. The van der Waals surface area contributed by atoms with Crippen molar-refractivity contribution in [3.8, 4) is 17.0 Å². The summed E-state index contributed by atoms with van der Waals surface area (Å²) >= 11 is 0. The summed E-state index contributed by atoms with van der Waals surface area (Å²) in [6.07, 6.45) is 18.9. The van der Waals surface area contributed by atoms with Crippen LogP contribution >= 0.6 is 0 Å². The van der Waals surface area contributed by atoms with Gasteiger partial charge in [-0.3, -0.25) is 0 Å². The molecule has 4 aromatic carbocycles. The summed E-state index contributed by atoms with van der Waals surface area (Å²) in [6.45, 7) is 0. The third-order valence-corrected chi connectivity index (χ3v) is 8.41. The summed E-state index contributed by atoms with van der Waals surface area (Å²) in [6, 6.07) is 32.7. The van der Waals surface area contributed by atoms with Crippen LogP contribution in [0.2, 0.25) is 0 Å². The average molecular weight is 516 g/mol. The first-order valence-corrected chi connectivity index (χ1v) is 14.2. The normalized spacial score (nSPS) is 20.0. The Morgan fingerprint density at radius 3 is 2.50 bits per heavy atom. The molecule has 0 saturated carbocycles. The summed E-state index contributed by atoms with van der Waals surface area (Å²) in [5, 5.41) is 3.87. The lowest BCUT2D eigenvalue weighted by Crippen LogP contribution is -2.07. The first-order valence-electron chi connectivity index (χ1n) is 14.2. The lowest BCUT2D eigenvalue weighted by Gasteiger charge is -2.20. The van der Waals surface area contributed by atoms with Crippen molar-refractivity contribution in [2.75, 3.05) is 0 Å². The van der Waals surface area contributed by atoms with E-state index in [0.717, 1.165) is 36.3 Å².